The summed E-state index contributed by atoms with van der Waals surface area (Å²) in [6, 6.07) is 13.3. The summed E-state index contributed by atoms with van der Waals surface area (Å²) in [6.45, 7) is 0.588. The lowest BCUT2D eigenvalue weighted by Crippen LogP contribution is -2.51. The number of nitrogens with one attached hydrogen (secondary N) is 2. The summed E-state index contributed by atoms with van der Waals surface area (Å²) in [5.41, 5.74) is 2.01. The van der Waals surface area contributed by atoms with Gasteiger partial charge in [0.1, 0.15) is 0 Å². The van der Waals surface area contributed by atoms with Crippen molar-refractivity contribution in [1.29, 1.82) is 0 Å². The second-order valence-corrected chi connectivity index (χ2v) is 10.3. The van der Waals surface area contributed by atoms with Gasteiger partial charge >= 0.3 is 0 Å². The maximum absolute atomic E-state index is 12.8. The monoisotopic (exact) mass is 500 g/mol. The molecular weight excluding hydrogens is 472 g/mol. The van der Waals surface area contributed by atoms with Gasteiger partial charge in [0.05, 0.1) is 19.1 Å². The third-order valence-electron chi connectivity index (χ3n) is 6.31. The molecule has 0 spiro atoms. The van der Waals surface area contributed by atoms with Crippen LogP contribution >= 0.6 is 23.4 Å². The Morgan fingerprint density at radius 1 is 1.15 bits per heavy atom. The number of fused-ring (bicyclic) bond motifs is 1. The molecule has 3 atom stereocenters. The zero-order chi connectivity index (χ0) is 24.1. The number of halogens is 1. The van der Waals surface area contributed by atoms with Crippen molar-refractivity contribution in [2.45, 2.75) is 37.0 Å². The molecule has 34 heavy (non-hydrogen) atoms. The Balaban J connectivity index is 1.32. The molecule has 3 unspecified atom stereocenters. The number of benzene rings is 2. The maximum Gasteiger partial charge on any atom is 0.257 e. The SMILES string of the molecule is COc1ccc(/C=C2/SC3CCC(C(=O)NCCc4ccc(Cl)cc4)CC3NC2=O)cc1OC. The number of rotatable bonds is 7. The molecule has 8 heteroatoms. The van der Waals surface area contributed by atoms with E-state index in [-0.39, 0.29) is 29.0 Å². The molecule has 6 nitrogen and oxygen atoms in total. The van der Waals surface area contributed by atoms with Crippen molar-refractivity contribution in [2.24, 2.45) is 5.92 Å². The fourth-order valence-electron chi connectivity index (χ4n) is 4.45. The highest BCUT2D eigenvalue weighted by molar-refractivity contribution is 8.04. The van der Waals surface area contributed by atoms with E-state index in [1.54, 1.807) is 26.0 Å². The molecule has 4 rings (SSSR count). The van der Waals surface area contributed by atoms with E-state index < -0.39 is 0 Å². The Labute approximate surface area is 209 Å². The first-order valence-corrected chi connectivity index (χ1v) is 12.7. The Bertz CT molecular complexity index is 1070. The highest BCUT2D eigenvalue weighted by Gasteiger charge is 2.39. The molecule has 2 aromatic rings. The summed E-state index contributed by atoms with van der Waals surface area (Å²) < 4.78 is 10.7. The van der Waals surface area contributed by atoms with Gasteiger partial charge < -0.3 is 20.1 Å². The molecule has 1 aliphatic heterocycles. The van der Waals surface area contributed by atoms with Crippen LogP contribution in [0.5, 0.6) is 11.5 Å². The molecule has 2 fully saturated rings. The first-order chi connectivity index (χ1) is 16.5. The number of carbonyl (C=O) groups excluding carboxylic acids is 2. The first kappa shape index (κ1) is 24.5. The van der Waals surface area contributed by atoms with Gasteiger partial charge in [0.2, 0.25) is 5.91 Å². The van der Waals surface area contributed by atoms with Crippen LogP contribution in [0, 0.1) is 5.92 Å². The van der Waals surface area contributed by atoms with Gasteiger partial charge in [-0.2, -0.15) is 0 Å². The Morgan fingerprint density at radius 3 is 2.65 bits per heavy atom. The molecule has 2 aromatic carbocycles. The third-order valence-corrected chi connectivity index (χ3v) is 7.98. The predicted octanol–water partition coefficient (Wildman–Crippen LogP) is 4.46. The summed E-state index contributed by atoms with van der Waals surface area (Å²) >= 11 is 7.53. The van der Waals surface area contributed by atoms with E-state index in [2.05, 4.69) is 10.6 Å². The topological polar surface area (TPSA) is 76.7 Å². The van der Waals surface area contributed by atoms with Crippen molar-refractivity contribution >= 4 is 41.3 Å². The lowest BCUT2D eigenvalue weighted by molar-refractivity contribution is -0.127. The largest absolute Gasteiger partial charge is 0.493 e. The van der Waals surface area contributed by atoms with Crippen molar-refractivity contribution in [3.8, 4) is 11.5 Å². The summed E-state index contributed by atoms with van der Waals surface area (Å²) in [4.78, 5) is 26.2. The molecule has 0 bridgehead atoms. The van der Waals surface area contributed by atoms with Crippen LogP contribution in [0.15, 0.2) is 47.4 Å². The molecule has 2 aliphatic rings. The standard InChI is InChI=1S/C26H29ClN2O4S/c1-32-21-9-5-17(13-22(21)33-2)14-24-26(31)29-20-15-18(6-10-23(20)34-24)25(30)28-12-11-16-3-7-19(27)8-4-16/h3-5,7-9,13-14,18,20,23H,6,10-12,15H2,1-2H3,(H,28,30)(H,29,31)/b24-14+. The zero-order valence-corrected chi connectivity index (χ0v) is 20.9. The lowest BCUT2D eigenvalue weighted by Gasteiger charge is -2.39. The van der Waals surface area contributed by atoms with Crippen molar-refractivity contribution in [1.82, 2.24) is 10.6 Å². The molecule has 1 saturated heterocycles. The molecule has 1 aliphatic carbocycles. The van der Waals surface area contributed by atoms with E-state index in [0.717, 1.165) is 30.4 Å². The van der Waals surface area contributed by atoms with Gasteiger partial charge in [-0.1, -0.05) is 29.8 Å². The highest BCUT2D eigenvalue weighted by atomic mass is 35.5. The van der Waals surface area contributed by atoms with Gasteiger partial charge in [0.25, 0.3) is 5.91 Å². The second-order valence-electron chi connectivity index (χ2n) is 8.54. The van der Waals surface area contributed by atoms with Crippen molar-refractivity contribution in [3.05, 3.63) is 63.5 Å². The van der Waals surface area contributed by atoms with Gasteiger partial charge in [0, 0.05) is 28.8 Å². The van der Waals surface area contributed by atoms with Gasteiger partial charge in [-0.3, -0.25) is 9.59 Å². The van der Waals surface area contributed by atoms with Gasteiger partial charge in [-0.15, -0.1) is 11.8 Å². The van der Waals surface area contributed by atoms with Crippen molar-refractivity contribution < 1.29 is 19.1 Å². The normalized spacial score (nSPS) is 23.1. The third kappa shape index (κ3) is 5.88. The van der Waals surface area contributed by atoms with Crippen LogP contribution in [0.2, 0.25) is 5.02 Å². The summed E-state index contributed by atoms with van der Waals surface area (Å²) in [5.74, 6) is 1.17. The number of hydrogen-bond acceptors (Lipinski definition) is 5. The fraction of sp³-hybridized carbons (Fsp3) is 0.385. The molecule has 0 radical (unpaired) electrons. The van der Waals surface area contributed by atoms with Crippen molar-refractivity contribution in [3.63, 3.8) is 0 Å². The summed E-state index contributed by atoms with van der Waals surface area (Å²) in [7, 11) is 3.19. The molecule has 1 saturated carbocycles. The van der Waals surface area contributed by atoms with Gasteiger partial charge in [0.15, 0.2) is 11.5 Å². The zero-order valence-electron chi connectivity index (χ0n) is 19.3. The van der Waals surface area contributed by atoms with E-state index in [1.165, 1.54) is 0 Å². The highest BCUT2D eigenvalue weighted by Crippen LogP contribution is 2.40. The van der Waals surface area contributed by atoms with Crippen LogP contribution in [0.4, 0.5) is 0 Å². The predicted molar refractivity (Wildman–Crippen MR) is 136 cm³/mol. The number of thioether (sulfide) groups is 1. The van der Waals surface area contributed by atoms with E-state index in [9.17, 15) is 9.59 Å². The average molecular weight is 501 g/mol. The second kappa shape index (κ2) is 11.2. The summed E-state index contributed by atoms with van der Waals surface area (Å²) in [5, 5.41) is 7.17. The van der Waals surface area contributed by atoms with Crippen LogP contribution in [-0.4, -0.2) is 43.9 Å². The van der Waals surface area contributed by atoms with E-state index >= 15 is 0 Å². The van der Waals surface area contributed by atoms with Crippen LogP contribution in [0.3, 0.4) is 0 Å². The maximum atomic E-state index is 12.8. The van der Waals surface area contributed by atoms with Gasteiger partial charge in [-0.25, -0.2) is 0 Å². The van der Waals surface area contributed by atoms with E-state index in [0.29, 0.717) is 34.4 Å². The van der Waals surface area contributed by atoms with Gasteiger partial charge in [-0.05, 0) is 67.2 Å². The van der Waals surface area contributed by atoms with Crippen LogP contribution in [-0.2, 0) is 16.0 Å². The Morgan fingerprint density at radius 2 is 1.91 bits per heavy atom. The molecule has 2 N–H and O–H groups in total. The fourth-order valence-corrected chi connectivity index (χ4v) is 5.87. The number of methoxy groups -OCH3 is 2. The van der Waals surface area contributed by atoms with E-state index in [1.807, 2.05) is 48.5 Å². The average Bonchev–Trinajstić information content (AvgIpc) is 2.85. The molecule has 0 aromatic heterocycles. The quantitative estimate of drug-likeness (QED) is 0.549. The number of amides is 2. The smallest absolute Gasteiger partial charge is 0.257 e. The first-order valence-electron chi connectivity index (χ1n) is 11.4. The Hall–Kier alpha value is -2.64. The van der Waals surface area contributed by atoms with Crippen LogP contribution < -0.4 is 20.1 Å². The number of carbonyl (C=O) groups is 2. The minimum atomic E-state index is -0.0927. The molecule has 180 valence electrons. The summed E-state index contributed by atoms with van der Waals surface area (Å²) in [6.07, 6.45) is 5.01. The number of hydrogen-bond donors (Lipinski definition) is 2. The van der Waals surface area contributed by atoms with Crippen LogP contribution in [0.1, 0.15) is 30.4 Å². The molecule has 2 amide bonds. The minimum Gasteiger partial charge on any atom is -0.493 e. The van der Waals surface area contributed by atoms with Crippen LogP contribution in [0.25, 0.3) is 6.08 Å². The molecular formula is C26H29ClN2O4S. The lowest BCUT2D eigenvalue weighted by atomic mass is 9.84. The van der Waals surface area contributed by atoms with Crippen molar-refractivity contribution in [2.75, 3.05) is 20.8 Å². The molecule has 1 heterocycles. The minimum absolute atomic E-state index is 0.000758. The Kier molecular flexibility index (Phi) is 8.06. The van der Waals surface area contributed by atoms with E-state index in [4.69, 9.17) is 21.1 Å². The number of ether oxygens (including phenoxy) is 2.